The SMILES string of the molecule is COc1cccc(CNCC(C)c2ccccc2)c1. The second-order valence-corrected chi connectivity index (χ2v) is 4.79. The Labute approximate surface area is 115 Å². The smallest absolute Gasteiger partial charge is 0.119 e. The first-order valence-corrected chi connectivity index (χ1v) is 6.68. The molecule has 2 heteroatoms. The van der Waals surface area contributed by atoms with Gasteiger partial charge in [0.15, 0.2) is 0 Å². The van der Waals surface area contributed by atoms with Crippen LogP contribution in [0.3, 0.4) is 0 Å². The molecule has 0 radical (unpaired) electrons. The third kappa shape index (κ3) is 4.11. The van der Waals surface area contributed by atoms with Crippen molar-refractivity contribution >= 4 is 0 Å². The topological polar surface area (TPSA) is 21.3 Å². The van der Waals surface area contributed by atoms with Crippen molar-refractivity contribution in [3.05, 3.63) is 65.7 Å². The van der Waals surface area contributed by atoms with Crippen molar-refractivity contribution in [1.82, 2.24) is 5.32 Å². The average Bonchev–Trinajstić information content (AvgIpc) is 2.48. The molecule has 0 saturated heterocycles. The van der Waals surface area contributed by atoms with E-state index in [4.69, 9.17) is 4.74 Å². The van der Waals surface area contributed by atoms with E-state index in [9.17, 15) is 0 Å². The molecule has 2 aromatic rings. The second-order valence-electron chi connectivity index (χ2n) is 4.79. The summed E-state index contributed by atoms with van der Waals surface area (Å²) in [6, 6.07) is 18.8. The van der Waals surface area contributed by atoms with Crippen molar-refractivity contribution in [3.8, 4) is 5.75 Å². The van der Waals surface area contributed by atoms with Crippen LogP contribution < -0.4 is 10.1 Å². The Morgan fingerprint density at radius 3 is 2.58 bits per heavy atom. The zero-order valence-corrected chi connectivity index (χ0v) is 11.6. The van der Waals surface area contributed by atoms with Gasteiger partial charge in [-0.1, -0.05) is 49.4 Å². The van der Waals surface area contributed by atoms with E-state index in [2.05, 4.69) is 54.7 Å². The van der Waals surface area contributed by atoms with E-state index in [1.54, 1.807) is 7.11 Å². The number of rotatable bonds is 6. The predicted octanol–water partition coefficient (Wildman–Crippen LogP) is 3.59. The lowest BCUT2D eigenvalue weighted by Gasteiger charge is -2.13. The monoisotopic (exact) mass is 255 g/mol. The van der Waals surface area contributed by atoms with E-state index < -0.39 is 0 Å². The van der Waals surface area contributed by atoms with Crippen LogP contribution in [0.25, 0.3) is 0 Å². The summed E-state index contributed by atoms with van der Waals surface area (Å²) in [5, 5.41) is 3.50. The maximum absolute atomic E-state index is 5.22. The van der Waals surface area contributed by atoms with E-state index in [0.29, 0.717) is 5.92 Å². The van der Waals surface area contributed by atoms with E-state index in [0.717, 1.165) is 18.8 Å². The molecule has 1 unspecified atom stereocenters. The van der Waals surface area contributed by atoms with Crippen molar-refractivity contribution in [2.45, 2.75) is 19.4 Å². The molecule has 0 heterocycles. The van der Waals surface area contributed by atoms with Gasteiger partial charge in [0.25, 0.3) is 0 Å². The molecule has 0 fully saturated rings. The fourth-order valence-electron chi connectivity index (χ4n) is 2.11. The quantitative estimate of drug-likeness (QED) is 0.851. The lowest BCUT2D eigenvalue weighted by Crippen LogP contribution is -2.19. The number of ether oxygens (including phenoxy) is 1. The van der Waals surface area contributed by atoms with Crippen molar-refractivity contribution in [3.63, 3.8) is 0 Å². The fourth-order valence-corrected chi connectivity index (χ4v) is 2.11. The minimum absolute atomic E-state index is 0.520. The van der Waals surface area contributed by atoms with Crippen LogP contribution in [0.1, 0.15) is 24.0 Å². The molecule has 100 valence electrons. The summed E-state index contributed by atoms with van der Waals surface area (Å²) in [5.41, 5.74) is 2.63. The highest BCUT2D eigenvalue weighted by molar-refractivity contribution is 5.28. The number of methoxy groups -OCH3 is 1. The average molecular weight is 255 g/mol. The minimum Gasteiger partial charge on any atom is -0.497 e. The van der Waals surface area contributed by atoms with Gasteiger partial charge in [-0.2, -0.15) is 0 Å². The van der Waals surface area contributed by atoms with Gasteiger partial charge in [-0.15, -0.1) is 0 Å². The standard InChI is InChI=1S/C17H21NO/c1-14(16-8-4-3-5-9-16)12-18-13-15-7-6-10-17(11-15)19-2/h3-11,14,18H,12-13H2,1-2H3. The Morgan fingerprint density at radius 2 is 1.84 bits per heavy atom. The molecule has 0 amide bonds. The van der Waals surface area contributed by atoms with Gasteiger partial charge in [0.1, 0.15) is 5.75 Å². The first kappa shape index (κ1) is 13.6. The van der Waals surface area contributed by atoms with Crippen LogP contribution in [0.2, 0.25) is 0 Å². The van der Waals surface area contributed by atoms with Gasteiger partial charge in [0, 0.05) is 13.1 Å². The maximum Gasteiger partial charge on any atom is 0.119 e. The van der Waals surface area contributed by atoms with E-state index in [1.165, 1.54) is 11.1 Å². The summed E-state index contributed by atoms with van der Waals surface area (Å²) in [5.74, 6) is 1.43. The van der Waals surface area contributed by atoms with E-state index in [1.807, 2.05) is 12.1 Å². The lowest BCUT2D eigenvalue weighted by atomic mass is 10.0. The van der Waals surface area contributed by atoms with Crippen LogP contribution in [-0.2, 0) is 6.54 Å². The third-order valence-corrected chi connectivity index (χ3v) is 3.28. The summed E-state index contributed by atoms with van der Waals surface area (Å²) in [7, 11) is 1.70. The molecule has 19 heavy (non-hydrogen) atoms. The van der Waals surface area contributed by atoms with Gasteiger partial charge >= 0.3 is 0 Å². The highest BCUT2D eigenvalue weighted by Gasteiger charge is 2.04. The number of benzene rings is 2. The van der Waals surface area contributed by atoms with Crippen LogP contribution in [0.15, 0.2) is 54.6 Å². The van der Waals surface area contributed by atoms with Crippen molar-refractivity contribution in [1.29, 1.82) is 0 Å². The van der Waals surface area contributed by atoms with Crippen LogP contribution in [-0.4, -0.2) is 13.7 Å². The van der Waals surface area contributed by atoms with Gasteiger partial charge in [0.05, 0.1) is 7.11 Å². The largest absolute Gasteiger partial charge is 0.497 e. The summed E-state index contributed by atoms with van der Waals surface area (Å²) in [6.45, 7) is 4.09. The van der Waals surface area contributed by atoms with Crippen molar-refractivity contribution in [2.24, 2.45) is 0 Å². The summed E-state index contributed by atoms with van der Waals surface area (Å²) >= 11 is 0. The van der Waals surface area contributed by atoms with Gasteiger partial charge in [-0.05, 0) is 29.2 Å². The van der Waals surface area contributed by atoms with Gasteiger partial charge < -0.3 is 10.1 Å². The molecule has 0 aliphatic carbocycles. The lowest BCUT2D eigenvalue weighted by molar-refractivity contribution is 0.414. The maximum atomic E-state index is 5.22. The van der Waals surface area contributed by atoms with Crippen LogP contribution >= 0.6 is 0 Å². The molecular weight excluding hydrogens is 234 g/mol. The van der Waals surface area contributed by atoms with Gasteiger partial charge in [0.2, 0.25) is 0 Å². The highest BCUT2D eigenvalue weighted by atomic mass is 16.5. The number of hydrogen-bond acceptors (Lipinski definition) is 2. The number of hydrogen-bond donors (Lipinski definition) is 1. The Morgan fingerprint density at radius 1 is 1.05 bits per heavy atom. The molecule has 1 N–H and O–H groups in total. The van der Waals surface area contributed by atoms with Crippen LogP contribution in [0.4, 0.5) is 0 Å². The molecule has 0 saturated carbocycles. The van der Waals surface area contributed by atoms with Gasteiger partial charge in [-0.3, -0.25) is 0 Å². The molecule has 2 aromatic carbocycles. The highest BCUT2D eigenvalue weighted by Crippen LogP contribution is 2.15. The molecule has 2 nitrogen and oxygen atoms in total. The molecule has 0 aliphatic heterocycles. The van der Waals surface area contributed by atoms with Gasteiger partial charge in [-0.25, -0.2) is 0 Å². The van der Waals surface area contributed by atoms with Crippen LogP contribution in [0.5, 0.6) is 5.75 Å². The second kappa shape index (κ2) is 6.95. The van der Waals surface area contributed by atoms with Crippen molar-refractivity contribution in [2.75, 3.05) is 13.7 Å². The Balaban J connectivity index is 1.83. The molecule has 1 atom stereocenters. The predicted molar refractivity (Wildman–Crippen MR) is 79.6 cm³/mol. The third-order valence-electron chi connectivity index (χ3n) is 3.28. The normalized spacial score (nSPS) is 12.1. The molecule has 0 bridgehead atoms. The fraction of sp³-hybridized carbons (Fsp3) is 0.294. The van der Waals surface area contributed by atoms with E-state index >= 15 is 0 Å². The first-order valence-electron chi connectivity index (χ1n) is 6.68. The van der Waals surface area contributed by atoms with Crippen molar-refractivity contribution < 1.29 is 4.74 Å². The Bertz CT molecular complexity index is 496. The minimum atomic E-state index is 0.520. The zero-order valence-electron chi connectivity index (χ0n) is 11.6. The zero-order chi connectivity index (χ0) is 13.5. The molecule has 2 rings (SSSR count). The van der Waals surface area contributed by atoms with E-state index in [-0.39, 0.29) is 0 Å². The van der Waals surface area contributed by atoms with Crippen LogP contribution in [0, 0.1) is 0 Å². The Hall–Kier alpha value is -1.80. The first-order chi connectivity index (χ1) is 9.29. The molecule has 0 spiro atoms. The molecule has 0 aromatic heterocycles. The summed E-state index contributed by atoms with van der Waals surface area (Å²) in [4.78, 5) is 0. The number of nitrogens with one attached hydrogen (secondary N) is 1. The molecular formula is C17H21NO. The Kier molecular flexibility index (Phi) is 4.99. The molecule has 0 aliphatic rings. The summed E-state index contributed by atoms with van der Waals surface area (Å²) < 4.78 is 5.22. The summed E-state index contributed by atoms with van der Waals surface area (Å²) in [6.07, 6.45) is 0.